The van der Waals surface area contributed by atoms with Crippen LogP contribution in [0.25, 0.3) is 0 Å². The first-order valence-electron chi connectivity index (χ1n) is 5.66. The number of rotatable bonds is 3. The van der Waals surface area contributed by atoms with Crippen LogP contribution < -0.4 is 0 Å². The highest BCUT2D eigenvalue weighted by molar-refractivity contribution is 9.10. The van der Waals surface area contributed by atoms with Gasteiger partial charge >= 0.3 is 0 Å². The van der Waals surface area contributed by atoms with Crippen molar-refractivity contribution < 1.29 is 13.9 Å². The van der Waals surface area contributed by atoms with Crippen LogP contribution >= 0.6 is 39.1 Å². The molecular weight excluding hydrogens is 373 g/mol. The molecular formula is C14H9BrCl2F2O. The van der Waals surface area contributed by atoms with E-state index in [0.717, 1.165) is 0 Å². The fourth-order valence-corrected chi connectivity index (χ4v) is 2.55. The van der Waals surface area contributed by atoms with Crippen molar-refractivity contribution in [2.75, 3.05) is 0 Å². The van der Waals surface area contributed by atoms with Gasteiger partial charge in [-0.15, -0.1) is 0 Å². The molecule has 0 radical (unpaired) electrons. The van der Waals surface area contributed by atoms with Crippen LogP contribution in [0.2, 0.25) is 10.0 Å². The highest BCUT2D eigenvalue weighted by Gasteiger charge is 2.20. The van der Waals surface area contributed by atoms with Crippen molar-refractivity contribution in [2.24, 2.45) is 0 Å². The first-order chi connectivity index (χ1) is 9.41. The Morgan fingerprint density at radius 2 is 1.85 bits per heavy atom. The van der Waals surface area contributed by atoms with Crippen molar-refractivity contribution in [3.05, 3.63) is 67.6 Å². The van der Waals surface area contributed by atoms with E-state index in [2.05, 4.69) is 15.9 Å². The number of hydrogen-bond donors (Lipinski definition) is 1. The Kier molecular flexibility index (Phi) is 5.02. The molecule has 0 fully saturated rings. The number of benzene rings is 2. The van der Waals surface area contributed by atoms with Crippen molar-refractivity contribution in [3.8, 4) is 0 Å². The summed E-state index contributed by atoms with van der Waals surface area (Å²) < 4.78 is 28.0. The standard InChI is InChI=1S/C14H9BrCl2F2O/c15-9-5-4-7(14(19)13(9)17)12(20)6-8-10(16)2-1-3-11(8)18/h1-5,12,20H,6H2. The maximum absolute atomic E-state index is 14.0. The average molecular weight is 382 g/mol. The van der Waals surface area contributed by atoms with E-state index in [1.54, 1.807) is 0 Å². The number of aliphatic hydroxyl groups is 1. The van der Waals surface area contributed by atoms with Gasteiger partial charge in [0.2, 0.25) is 0 Å². The first-order valence-corrected chi connectivity index (χ1v) is 7.21. The second-order valence-electron chi connectivity index (χ2n) is 4.18. The minimum atomic E-state index is -1.24. The van der Waals surface area contributed by atoms with Crippen LogP contribution in [0.3, 0.4) is 0 Å². The second-order valence-corrected chi connectivity index (χ2v) is 5.82. The zero-order chi connectivity index (χ0) is 14.9. The molecule has 0 bridgehead atoms. The molecule has 20 heavy (non-hydrogen) atoms. The largest absolute Gasteiger partial charge is 0.388 e. The van der Waals surface area contributed by atoms with Gasteiger partial charge in [-0.2, -0.15) is 0 Å². The highest BCUT2D eigenvalue weighted by Crippen LogP contribution is 2.33. The van der Waals surface area contributed by atoms with Gasteiger partial charge in [0.25, 0.3) is 0 Å². The van der Waals surface area contributed by atoms with Crippen LogP contribution in [0.1, 0.15) is 17.2 Å². The van der Waals surface area contributed by atoms with Gasteiger partial charge in [-0.25, -0.2) is 8.78 Å². The lowest BCUT2D eigenvalue weighted by molar-refractivity contribution is 0.172. The predicted molar refractivity (Wildman–Crippen MR) is 79.2 cm³/mol. The molecule has 1 nitrogen and oxygen atoms in total. The molecule has 0 spiro atoms. The number of aliphatic hydroxyl groups excluding tert-OH is 1. The van der Waals surface area contributed by atoms with Crippen LogP contribution in [-0.2, 0) is 6.42 Å². The molecule has 2 aromatic carbocycles. The van der Waals surface area contributed by atoms with E-state index in [0.29, 0.717) is 4.47 Å². The summed E-state index contributed by atoms with van der Waals surface area (Å²) in [6, 6.07) is 7.12. The van der Waals surface area contributed by atoms with Crippen LogP contribution in [0, 0.1) is 11.6 Å². The molecule has 1 atom stereocenters. The van der Waals surface area contributed by atoms with Crippen molar-refractivity contribution in [2.45, 2.75) is 12.5 Å². The Morgan fingerprint density at radius 1 is 1.15 bits per heavy atom. The normalized spacial score (nSPS) is 12.5. The molecule has 2 rings (SSSR count). The SMILES string of the molecule is OC(Cc1c(F)cccc1Cl)c1ccc(Br)c(Cl)c1F. The summed E-state index contributed by atoms with van der Waals surface area (Å²) in [6.07, 6.45) is -1.38. The van der Waals surface area contributed by atoms with Crippen molar-refractivity contribution in [3.63, 3.8) is 0 Å². The Morgan fingerprint density at radius 3 is 2.50 bits per heavy atom. The third-order valence-electron chi connectivity index (χ3n) is 2.88. The third-order valence-corrected chi connectivity index (χ3v) is 4.50. The van der Waals surface area contributed by atoms with E-state index in [9.17, 15) is 13.9 Å². The summed E-state index contributed by atoms with van der Waals surface area (Å²) in [6.45, 7) is 0. The minimum absolute atomic E-state index is 0.00230. The van der Waals surface area contributed by atoms with E-state index < -0.39 is 17.7 Å². The molecule has 0 aromatic heterocycles. The van der Waals surface area contributed by atoms with Gasteiger partial charge in [-0.1, -0.05) is 35.3 Å². The summed E-state index contributed by atoms with van der Waals surface area (Å²) in [7, 11) is 0. The molecule has 0 aliphatic carbocycles. The van der Waals surface area contributed by atoms with E-state index in [4.69, 9.17) is 23.2 Å². The Bertz CT molecular complexity index is 629. The van der Waals surface area contributed by atoms with Gasteiger partial charge in [-0.3, -0.25) is 0 Å². The fraction of sp³-hybridized carbons (Fsp3) is 0.143. The molecule has 0 heterocycles. The fourth-order valence-electron chi connectivity index (χ4n) is 1.83. The van der Waals surface area contributed by atoms with Gasteiger partial charge in [0.05, 0.1) is 11.1 Å². The molecule has 6 heteroatoms. The zero-order valence-electron chi connectivity index (χ0n) is 10.0. The van der Waals surface area contributed by atoms with Crippen LogP contribution in [-0.4, -0.2) is 5.11 Å². The van der Waals surface area contributed by atoms with Crippen molar-refractivity contribution >= 4 is 39.1 Å². The molecule has 0 aliphatic rings. The van der Waals surface area contributed by atoms with Crippen molar-refractivity contribution in [1.29, 1.82) is 0 Å². The van der Waals surface area contributed by atoms with Crippen LogP contribution in [0.4, 0.5) is 8.78 Å². The molecule has 0 saturated carbocycles. The summed E-state index contributed by atoms with van der Waals surface area (Å²) in [5.74, 6) is -1.28. The van der Waals surface area contributed by atoms with E-state index in [-0.39, 0.29) is 27.6 Å². The van der Waals surface area contributed by atoms with Gasteiger partial charge < -0.3 is 5.11 Å². The molecule has 1 unspecified atom stereocenters. The summed E-state index contributed by atoms with van der Waals surface area (Å²) in [4.78, 5) is 0. The number of hydrogen-bond acceptors (Lipinski definition) is 1. The third kappa shape index (κ3) is 3.14. The van der Waals surface area contributed by atoms with Gasteiger partial charge in [0.1, 0.15) is 11.6 Å². The van der Waals surface area contributed by atoms with Crippen LogP contribution in [0.5, 0.6) is 0 Å². The zero-order valence-corrected chi connectivity index (χ0v) is 13.1. The molecule has 0 aliphatic heterocycles. The summed E-state index contributed by atoms with van der Waals surface area (Å²) >= 11 is 14.7. The molecule has 0 amide bonds. The topological polar surface area (TPSA) is 20.2 Å². The molecule has 1 N–H and O–H groups in total. The minimum Gasteiger partial charge on any atom is -0.388 e. The summed E-state index contributed by atoms with van der Waals surface area (Å²) in [5.41, 5.74) is 0.137. The maximum atomic E-state index is 14.0. The maximum Gasteiger partial charge on any atom is 0.148 e. The number of halogens is 5. The quantitative estimate of drug-likeness (QED) is 0.714. The Labute approximate surface area is 133 Å². The average Bonchev–Trinajstić information content (AvgIpc) is 2.40. The van der Waals surface area contributed by atoms with Gasteiger partial charge in [0.15, 0.2) is 0 Å². The summed E-state index contributed by atoms with van der Waals surface area (Å²) in [5, 5.41) is 10.1. The van der Waals surface area contributed by atoms with E-state index in [1.807, 2.05) is 0 Å². The highest BCUT2D eigenvalue weighted by atomic mass is 79.9. The van der Waals surface area contributed by atoms with Crippen LogP contribution in [0.15, 0.2) is 34.8 Å². The van der Waals surface area contributed by atoms with E-state index >= 15 is 0 Å². The monoisotopic (exact) mass is 380 g/mol. The smallest absolute Gasteiger partial charge is 0.148 e. The Hall–Kier alpha value is -0.680. The van der Waals surface area contributed by atoms with E-state index in [1.165, 1.54) is 30.3 Å². The lowest BCUT2D eigenvalue weighted by atomic mass is 10.0. The second kappa shape index (κ2) is 6.39. The van der Waals surface area contributed by atoms with Crippen molar-refractivity contribution in [1.82, 2.24) is 0 Å². The first kappa shape index (κ1) is 15.7. The van der Waals surface area contributed by atoms with Gasteiger partial charge in [-0.05, 0) is 34.1 Å². The molecule has 0 saturated heterocycles. The predicted octanol–water partition coefficient (Wildman–Crippen LogP) is 5.31. The molecule has 106 valence electrons. The lowest BCUT2D eigenvalue weighted by Crippen LogP contribution is -2.07. The Balaban J connectivity index is 2.34. The van der Waals surface area contributed by atoms with Gasteiger partial charge in [0, 0.05) is 27.0 Å². The lowest BCUT2D eigenvalue weighted by Gasteiger charge is -2.14. The molecule has 2 aromatic rings.